The Morgan fingerprint density at radius 2 is 1.42 bits per heavy atom. The number of hydrogen-bond donors (Lipinski definition) is 0. The fraction of sp³-hybridized carbons (Fsp3) is 0.364. The van der Waals surface area contributed by atoms with Crippen LogP contribution in [-0.4, -0.2) is 12.1 Å². The van der Waals surface area contributed by atoms with Crippen molar-refractivity contribution in [3.63, 3.8) is 0 Å². The van der Waals surface area contributed by atoms with Crippen LogP contribution in [-0.2, 0) is 9.59 Å². The molecule has 0 spiro atoms. The van der Waals surface area contributed by atoms with E-state index >= 15 is 0 Å². The molecule has 0 saturated carbocycles. The van der Waals surface area contributed by atoms with E-state index < -0.39 is 5.41 Å². The summed E-state index contributed by atoms with van der Waals surface area (Å²) in [6.07, 6.45) is 4.23. The lowest BCUT2D eigenvalue weighted by atomic mass is 9.81. The van der Waals surface area contributed by atoms with Crippen molar-refractivity contribution in [3.05, 3.63) is 71.8 Å². The summed E-state index contributed by atoms with van der Waals surface area (Å²) in [6, 6.07) is 21.1. The van der Waals surface area contributed by atoms with E-state index in [4.69, 9.17) is 0 Å². The average Bonchev–Trinajstić information content (AvgIpc) is 2.62. The van der Waals surface area contributed by atoms with Crippen LogP contribution in [0.15, 0.2) is 60.7 Å². The number of ketones is 1. The molecule has 0 fully saturated rings. The Bertz CT molecular complexity index is 605. The van der Waals surface area contributed by atoms with Gasteiger partial charge in [0.05, 0.1) is 0 Å². The van der Waals surface area contributed by atoms with Gasteiger partial charge in [-0.25, -0.2) is 0 Å². The second-order valence-corrected chi connectivity index (χ2v) is 6.99. The third-order valence-corrected chi connectivity index (χ3v) is 4.72. The van der Waals surface area contributed by atoms with E-state index in [9.17, 15) is 9.59 Å². The van der Waals surface area contributed by atoms with Crippen LogP contribution < -0.4 is 0 Å². The highest BCUT2D eigenvalue weighted by atomic mass is 16.2. The zero-order chi connectivity index (χ0) is 17.4. The molecule has 126 valence electrons. The molecule has 0 aliphatic heterocycles. The van der Waals surface area contributed by atoms with Gasteiger partial charge in [0.1, 0.15) is 0 Å². The molecule has 2 heteroatoms. The summed E-state index contributed by atoms with van der Waals surface area (Å²) in [5.74, 6) is 0.0717. The number of benzene rings is 2. The first-order valence-corrected chi connectivity index (χ1v) is 8.64. The Morgan fingerprint density at radius 1 is 0.917 bits per heavy atom. The van der Waals surface area contributed by atoms with Gasteiger partial charge in [-0.15, -0.1) is 0 Å². The van der Waals surface area contributed by atoms with Gasteiger partial charge >= 0.3 is 0 Å². The highest BCUT2D eigenvalue weighted by Crippen LogP contribution is 2.31. The molecule has 2 aromatic carbocycles. The Kier molecular flexibility index (Phi) is 6.48. The topological polar surface area (TPSA) is 34.1 Å². The average molecular weight is 322 g/mol. The first-order chi connectivity index (χ1) is 11.5. The summed E-state index contributed by atoms with van der Waals surface area (Å²) in [5.41, 5.74) is 2.11. The highest BCUT2D eigenvalue weighted by molar-refractivity contribution is 6.27. The van der Waals surface area contributed by atoms with Crippen LogP contribution in [0.2, 0.25) is 0 Å². The SMILES string of the molecule is CC(C)(CCCCC(c1ccccc1)c1ccccc1)C(=O)C=O. The van der Waals surface area contributed by atoms with Crippen molar-refractivity contribution in [1.29, 1.82) is 0 Å². The number of hydrogen-bond acceptors (Lipinski definition) is 2. The summed E-state index contributed by atoms with van der Waals surface area (Å²) >= 11 is 0. The molecule has 0 aliphatic rings. The molecule has 2 nitrogen and oxygen atoms in total. The first-order valence-electron chi connectivity index (χ1n) is 8.64. The third-order valence-electron chi connectivity index (χ3n) is 4.72. The van der Waals surface area contributed by atoms with Crippen LogP contribution in [0.5, 0.6) is 0 Å². The van der Waals surface area contributed by atoms with Gasteiger partial charge in [-0.1, -0.05) is 87.4 Å². The minimum Gasteiger partial charge on any atom is -0.295 e. The second kappa shape index (κ2) is 8.58. The molecule has 0 N–H and O–H groups in total. The number of rotatable bonds is 9. The summed E-state index contributed by atoms with van der Waals surface area (Å²) in [6.45, 7) is 3.71. The molecule has 24 heavy (non-hydrogen) atoms. The van der Waals surface area contributed by atoms with Crippen LogP contribution in [0, 0.1) is 5.41 Å². The molecule has 0 amide bonds. The Labute approximate surface area is 144 Å². The molecule has 2 aromatic rings. The standard InChI is InChI=1S/C22H26O2/c1-22(2,21(24)17-23)16-10-9-15-20(18-11-5-3-6-12-18)19-13-7-4-8-14-19/h3-8,11-14,17,20H,9-10,15-16H2,1-2H3. The molecular weight excluding hydrogens is 296 g/mol. The smallest absolute Gasteiger partial charge is 0.200 e. The Hall–Kier alpha value is -2.22. The number of aldehydes is 1. The van der Waals surface area contributed by atoms with Crippen molar-refractivity contribution in [2.45, 2.75) is 45.4 Å². The normalized spacial score (nSPS) is 11.5. The van der Waals surface area contributed by atoms with Crippen molar-refractivity contribution in [3.8, 4) is 0 Å². The number of carbonyl (C=O) groups is 2. The number of carbonyl (C=O) groups excluding carboxylic acids is 2. The van der Waals surface area contributed by atoms with Crippen molar-refractivity contribution < 1.29 is 9.59 Å². The van der Waals surface area contributed by atoms with E-state index in [1.54, 1.807) is 0 Å². The fourth-order valence-corrected chi connectivity index (χ4v) is 3.09. The Balaban J connectivity index is 2.00. The molecule has 0 atom stereocenters. The maximum absolute atomic E-state index is 11.6. The van der Waals surface area contributed by atoms with Crippen molar-refractivity contribution >= 4 is 12.1 Å². The van der Waals surface area contributed by atoms with Crippen molar-refractivity contribution in [2.24, 2.45) is 5.41 Å². The van der Waals surface area contributed by atoms with Gasteiger partial charge in [-0.05, 0) is 24.0 Å². The maximum Gasteiger partial charge on any atom is 0.200 e. The van der Waals surface area contributed by atoms with Crippen LogP contribution in [0.3, 0.4) is 0 Å². The van der Waals surface area contributed by atoms with E-state index in [0.29, 0.717) is 12.2 Å². The number of Topliss-reactive ketones (excluding diaryl/α,β-unsaturated/α-hetero) is 1. The molecule has 0 saturated heterocycles. The van der Waals surface area contributed by atoms with Crippen molar-refractivity contribution in [1.82, 2.24) is 0 Å². The zero-order valence-corrected chi connectivity index (χ0v) is 14.6. The minimum atomic E-state index is -0.545. The minimum absolute atomic E-state index is 0.301. The molecule has 0 bridgehead atoms. The molecule has 0 unspecified atom stereocenters. The van der Waals surface area contributed by atoms with E-state index in [0.717, 1.165) is 25.7 Å². The maximum atomic E-state index is 11.6. The monoisotopic (exact) mass is 322 g/mol. The molecule has 2 rings (SSSR count). The van der Waals surface area contributed by atoms with Gasteiger partial charge in [0, 0.05) is 11.3 Å². The molecule has 0 radical (unpaired) electrons. The fourth-order valence-electron chi connectivity index (χ4n) is 3.09. The third kappa shape index (κ3) is 4.89. The predicted molar refractivity (Wildman–Crippen MR) is 98.0 cm³/mol. The first kappa shape index (κ1) is 18.1. The van der Waals surface area contributed by atoms with E-state index in [1.165, 1.54) is 11.1 Å². The molecule has 0 aliphatic carbocycles. The quantitative estimate of drug-likeness (QED) is 0.362. The molecule has 0 aromatic heterocycles. The summed E-state index contributed by atoms with van der Waals surface area (Å²) in [4.78, 5) is 22.3. The summed E-state index contributed by atoms with van der Waals surface area (Å²) < 4.78 is 0. The Morgan fingerprint density at radius 3 is 1.88 bits per heavy atom. The van der Waals surface area contributed by atoms with E-state index in [1.807, 2.05) is 26.0 Å². The van der Waals surface area contributed by atoms with Crippen LogP contribution >= 0.6 is 0 Å². The lowest BCUT2D eigenvalue weighted by Crippen LogP contribution is -2.25. The number of unbranched alkanes of at least 4 members (excludes halogenated alkanes) is 1. The molecule has 0 heterocycles. The lowest BCUT2D eigenvalue weighted by Gasteiger charge is -2.21. The van der Waals surface area contributed by atoms with Gasteiger partial charge in [0.2, 0.25) is 5.78 Å². The van der Waals surface area contributed by atoms with Gasteiger partial charge < -0.3 is 0 Å². The molecular formula is C22H26O2. The van der Waals surface area contributed by atoms with Gasteiger partial charge in [-0.2, -0.15) is 0 Å². The van der Waals surface area contributed by atoms with Gasteiger partial charge in [0.15, 0.2) is 6.29 Å². The largest absolute Gasteiger partial charge is 0.295 e. The van der Waals surface area contributed by atoms with Crippen molar-refractivity contribution in [2.75, 3.05) is 0 Å². The van der Waals surface area contributed by atoms with Gasteiger partial charge in [-0.3, -0.25) is 9.59 Å². The van der Waals surface area contributed by atoms with E-state index in [2.05, 4.69) is 48.5 Å². The lowest BCUT2D eigenvalue weighted by molar-refractivity contribution is -0.135. The van der Waals surface area contributed by atoms with Crippen LogP contribution in [0.25, 0.3) is 0 Å². The summed E-state index contributed by atoms with van der Waals surface area (Å²) in [7, 11) is 0. The zero-order valence-electron chi connectivity index (χ0n) is 14.6. The summed E-state index contributed by atoms with van der Waals surface area (Å²) in [5, 5.41) is 0. The van der Waals surface area contributed by atoms with Crippen LogP contribution in [0.4, 0.5) is 0 Å². The predicted octanol–water partition coefficient (Wildman–Crippen LogP) is 5.17. The van der Waals surface area contributed by atoms with Crippen LogP contribution in [0.1, 0.15) is 56.6 Å². The van der Waals surface area contributed by atoms with Gasteiger partial charge in [0.25, 0.3) is 0 Å². The highest BCUT2D eigenvalue weighted by Gasteiger charge is 2.26. The van der Waals surface area contributed by atoms with E-state index in [-0.39, 0.29) is 5.78 Å². The second-order valence-electron chi connectivity index (χ2n) is 6.99.